The van der Waals surface area contributed by atoms with Crippen molar-refractivity contribution < 1.29 is 28.6 Å². The Hall–Kier alpha value is -4.19. The van der Waals surface area contributed by atoms with Crippen LogP contribution in [0, 0.1) is 0 Å². The Morgan fingerprint density at radius 1 is 0.256 bits per heavy atom. The summed E-state index contributed by atoms with van der Waals surface area (Å²) < 4.78 is 16.9. The summed E-state index contributed by atoms with van der Waals surface area (Å²) in [7, 11) is 0. The molecule has 0 rings (SSSR count). The number of rotatable bonds is 62. The molecule has 0 fully saturated rings. The molecule has 82 heavy (non-hydrogen) atoms. The molecule has 0 spiro atoms. The van der Waals surface area contributed by atoms with Gasteiger partial charge in [0.25, 0.3) is 0 Å². The molecular weight excluding hydrogens is 1010 g/mol. The lowest BCUT2D eigenvalue weighted by atomic mass is 10.0. The molecule has 6 nitrogen and oxygen atoms in total. The fraction of sp³-hybridized carbons (Fsp3) is 0.697. The maximum absolute atomic E-state index is 12.9. The fourth-order valence-corrected chi connectivity index (χ4v) is 9.63. The highest BCUT2D eigenvalue weighted by Crippen LogP contribution is 2.17. The van der Waals surface area contributed by atoms with E-state index in [0.717, 1.165) is 109 Å². The third kappa shape index (κ3) is 66.6. The van der Waals surface area contributed by atoms with E-state index in [-0.39, 0.29) is 37.5 Å². The molecule has 0 aliphatic rings. The van der Waals surface area contributed by atoms with Gasteiger partial charge in [-0.1, -0.05) is 322 Å². The van der Waals surface area contributed by atoms with Crippen LogP contribution < -0.4 is 0 Å². The molecule has 0 saturated carbocycles. The predicted molar refractivity (Wildman–Crippen MR) is 357 cm³/mol. The Morgan fingerprint density at radius 2 is 0.488 bits per heavy atom. The first-order valence-corrected chi connectivity index (χ1v) is 34.5. The molecule has 1 atom stereocenters. The Labute approximate surface area is 507 Å². The predicted octanol–water partition coefficient (Wildman–Crippen LogP) is 23.9. The lowest BCUT2D eigenvalue weighted by Crippen LogP contribution is -2.30. The lowest BCUT2D eigenvalue weighted by Gasteiger charge is -2.18. The number of carbonyl (C=O) groups is 3. The molecule has 1 unspecified atom stereocenters. The van der Waals surface area contributed by atoms with Crippen LogP contribution in [0.1, 0.15) is 323 Å². The molecule has 0 aliphatic carbocycles. The van der Waals surface area contributed by atoms with Crippen LogP contribution in [0.3, 0.4) is 0 Å². The monoisotopic (exact) mass is 1140 g/mol. The summed E-state index contributed by atoms with van der Waals surface area (Å²) in [5.41, 5.74) is 0. The van der Waals surface area contributed by atoms with Crippen LogP contribution in [-0.2, 0) is 28.6 Å². The molecule has 0 aromatic heterocycles. The van der Waals surface area contributed by atoms with Crippen molar-refractivity contribution in [1.82, 2.24) is 0 Å². The van der Waals surface area contributed by atoms with E-state index in [4.69, 9.17) is 14.2 Å². The SMILES string of the molecule is CC/C=C\C/C=C\C/C=C\C/C=C\C/C=C\CCCCCCCCCCCCCCCCCC(=O)OCC(COC(=O)CCCCCCCCCCCCCCCCCC)OC(=O)CCC/C=C\C/C=C\C/C=C\C/C=C\C/C=C\CC. The van der Waals surface area contributed by atoms with E-state index in [1.54, 1.807) is 0 Å². The van der Waals surface area contributed by atoms with Gasteiger partial charge < -0.3 is 14.2 Å². The van der Waals surface area contributed by atoms with Crippen LogP contribution >= 0.6 is 0 Å². The van der Waals surface area contributed by atoms with Gasteiger partial charge in [-0.3, -0.25) is 14.4 Å². The summed E-state index contributed by atoms with van der Waals surface area (Å²) in [5.74, 6) is -0.945. The summed E-state index contributed by atoms with van der Waals surface area (Å²) >= 11 is 0. The van der Waals surface area contributed by atoms with Crippen molar-refractivity contribution in [3.63, 3.8) is 0 Å². The van der Waals surface area contributed by atoms with Gasteiger partial charge in [0.15, 0.2) is 6.10 Å². The van der Waals surface area contributed by atoms with E-state index in [1.165, 1.54) is 167 Å². The summed E-state index contributed by atoms with van der Waals surface area (Å²) in [6.45, 7) is 6.40. The minimum Gasteiger partial charge on any atom is -0.462 e. The molecule has 0 heterocycles. The third-order valence-corrected chi connectivity index (χ3v) is 14.7. The van der Waals surface area contributed by atoms with Crippen molar-refractivity contribution in [3.8, 4) is 0 Å². The van der Waals surface area contributed by atoms with E-state index in [2.05, 4.69) is 142 Å². The molecule has 0 bridgehead atoms. The summed E-state index contributed by atoms with van der Waals surface area (Å²) in [6.07, 6.45) is 96.6. The van der Waals surface area contributed by atoms with E-state index in [0.29, 0.717) is 19.3 Å². The van der Waals surface area contributed by atoms with Gasteiger partial charge >= 0.3 is 17.9 Å². The van der Waals surface area contributed by atoms with E-state index >= 15 is 0 Å². The number of allylic oxidation sites excluding steroid dienone is 20. The Morgan fingerprint density at radius 3 is 0.780 bits per heavy atom. The number of esters is 3. The standard InChI is InChI=1S/C76H128O6/c1-4-7-10-13-16-19-22-25-28-31-32-33-34-35-36-37-38-39-40-41-42-43-44-46-48-51-54-57-60-63-66-69-75(78)81-72-73(71-80-74(77)68-65-62-59-56-53-50-47-30-27-24-21-18-15-12-9-6-3)82-76(79)70-67-64-61-58-55-52-49-45-29-26-23-20-17-14-11-8-5-2/h7-8,10-11,16-17,19-20,25-26,28-29,32-33,35-36,49,52,58,61,73H,4-6,9,12-15,18,21-24,27,30-31,34,37-48,50-51,53-57,59-60,62-72H2,1-3H3/b10-7-,11-8-,19-16-,20-17-,28-25-,29-26-,33-32-,36-35-,52-49-,61-58-. The lowest BCUT2D eigenvalue weighted by molar-refractivity contribution is -0.167. The molecule has 468 valence electrons. The van der Waals surface area contributed by atoms with Gasteiger partial charge in [-0.25, -0.2) is 0 Å². The van der Waals surface area contributed by atoms with Crippen molar-refractivity contribution in [2.45, 2.75) is 329 Å². The van der Waals surface area contributed by atoms with Gasteiger partial charge in [-0.05, 0) is 103 Å². The number of unbranched alkanes of at least 4 members (excludes halogenated alkanes) is 31. The molecule has 0 aromatic rings. The van der Waals surface area contributed by atoms with Gasteiger partial charge in [0, 0.05) is 19.3 Å². The van der Waals surface area contributed by atoms with E-state index in [1.807, 2.05) is 0 Å². The number of hydrogen-bond acceptors (Lipinski definition) is 6. The molecule has 0 saturated heterocycles. The first-order valence-electron chi connectivity index (χ1n) is 34.5. The molecule has 0 aliphatic heterocycles. The average Bonchev–Trinajstić information content (AvgIpc) is 3.48. The topological polar surface area (TPSA) is 78.9 Å². The van der Waals surface area contributed by atoms with Crippen LogP contribution in [0.2, 0.25) is 0 Å². The first-order chi connectivity index (χ1) is 40.5. The van der Waals surface area contributed by atoms with Crippen molar-refractivity contribution in [2.24, 2.45) is 0 Å². The zero-order valence-corrected chi connectivity index (χ0v) is 53.7. The smallest absolute Gasteiger partial charge is 0.306 e. The van der Waals surface area contributed by atoms with Crippen molar-refractivity contribution in [2.75, 3.05) is 13.2 Å². The van der Waals surface area contributed by atoms with Crippen molar-refractivity contribution in [3.05, 3.63) is 122 Å². The van der Waals surface area contributed by atoms with Crippen LogP contribution in [0.5, 0.6) is 0 Å². The quantitative estimate of drug-likeness (QED) is 0.0261. The van der Waals surface area contributed by atoms with Crippen molar-refractivity contribution >= 4 is 17.9 Å². The van der Waals surface area contributed by atoms with Crippen LogP contribution in [0.25, 0.3) is 0 Å². The second-order valence-electron chi connectivity index (χ2n) is 22.7. The normalized spacial score (nSPS) is 12.9. The zero-order chi connectivity index (χ0) is 59.2. The summed E-state index contributed by atoms with van der Waals surface area (Å²) in [4.78, 5) is 38.4. The highest BCUT2D eigenvalue weighted by molar-refractivity contribution is 5.71. The summed E-state index contributed by atoms with van der Waals surface area (Å²) in [5, 5.41) is 0. The van der Waals surface area contributed by atoms with Gasteiger partial charge in [0.1, 0.15) is 13.2 Å². The Kier molecular flexibility index (Phi) is 65.8. The number of ether oxygens (including phenoxy) is 3. The van der Waals surface area contributed by atoms with Gasteiger partial charge in [0.2, 0.25) is 0 Å². The van der Waals surface area contributed by atoms with Crippen LogP contribution in [0.15, 0.2) is 122 Å². The largest absolute Gasteiger partial charge is 0.462 e. The van der Waals surface area contributed by atoms with E-state index in [9.17, 15) is 14.4 Å². The molecular formula is C76H128O6. The van der Waals surface area contributed by atoms with Gasteiger partial charge in [0.05, 0.1) is 0 Å². The third-order valence-electron chi connectivity index (χ3n) is 14.7. The fourth-order valence-electron chi connectivity index (χ4n) is 9.63. The molecule has 0 radical (unpaired) electrons. The number of carbonyl (C=O) groups excluding carboxylic acids is 3. The Balaban J connectivity index is 4.30. The number of hydrogen-bond donors (Lipinski definition) is 0. The highest BCUT2D eigenvalue weighted by atomic mass is 16.6. The zero-order valence-electron chi connectivity index (χ0n) is 53.7. The second kappa shape index (κ2) is 69.3. The minimum atomic E-state index is -0.809. The molecule has 6 heteroatoms. The van der Waals surface area contributed by atoms with Crippen LogP contribution in [0.4, 0.5) is 0 Å². The van der Waals surface area contributed by atoms with Crippen LogP contribution in [-0.4, -0.2) is 37.2 Å². The first kappa shape index (κ1) is 77.8. The van der Waals surface area contributed by atoms with Gasteiger partial charge in [-0.2, -0.15) is 0 Å². The highest BCUT2D eigenvalue weighted by Gasteiger charge is 2.19. The Bertz CT molecular complexity index is 1690. The molecule has 0 aromatic carbocycles. The second-order valence-corrected chi connectivity index (χ2v) is 22.7. The summed E-state index contributed by atoms with van der Waals surface area (Å²) in [6, 6.07) is 0. The maximum Gasteiger partial charge on any atom is 0.306 e. The molecule has 0 N–H and O–H groups in total. The van der Waals surface area contributed by atoms with Gasteiger partial charge in [-0.15, -0.1) is 0 Å². The maximum atomic E-state index is 12.9. The van der Waals surface area contributed by atoms with Crippen molar-refractivity contribution in [1.29, 1.82) is 0 Å². The minimum absolute atomic E-state index is 0.0983. The van der Waals surface area contributed by atoms with E-state index < -0.39 is 6.10 Å². The molecule has 0 amide bonds. The average molecular weight is 1140 g/mol.